The van der Waals surface area contributed by atoms with Gasteiger partial charge in [0.1, 0.15) is 11.5 Å². The van der Waals surface area contributed by atoms with Gasteiger partial charge in [-0.2, -0.15) is 0 Å². The molecule has 1 fully saturated rings. The number of para-hydroxylation sites is 1. The summed E-state index contributed by atoms with van der Waals surface area (Å²) >= 11 is 1.46. The number of methoxy groups -OCH3 is 1. The molecule has 1 amide bonds. The number of aromatic amines is 1. The molecule has 2 aromatic heterocycles. The lowest BCUT2D eigenvalue weighted by Gasteiger charge is -2.24. The maximum Gasteiger partial charge on any atom is 0.295 e. The molecule has 0 unspecified atom stereocenters. The van der Waals surface area contributed by atoms with Gasteiger partial charge in [-0.25, -0.2) is 0 Å². The number of aliphatic hydroxyl groups is 1. The van der Waals surface area contributed by atoms with Crippen LogP contribution in [-0.4, -0.2) is 40.3 Å². The fourth-order valence-corrected chi connectivity index (χ4v) is 5.18. The highest BCUT2D eigenvalue weighted by Crippen LogP contribution is 2.41. The highest BCUT2D eigenvalue weighted by Gasteiger charge is 2.46. The third-order valence-corrected chi connectivity index (χ3v) is 6.94. The van der Waals surface area contributed by atoms with Crippen molar-refractivity contribution in [3.8, 4) is 5.75 Å². The molecular weight excluding hydrogens is 436 g/mol. The predicted molar refractivity (Wildman–Crippen MR) is 128 cm³/mol. The minimum atomic E-state index is -0.666. The first-order chi connectivity index (χ1) is 16.1. The van der Waals surface area contributed by atoms with Crippen molar-refractivity contribution in [3.05, 3.63) is 93.8 Å². The van der Waals surface area contributed by atoms with Crippen molar-refractivity contribution in [1.29, 1.82) is 0 Å². The summed E-state index contributed by atoms with van der Waals surface area (Å²) in [6, 6.07) is 17.9. The monoisotopic (exact) mass is 458 g/mol. The Morgan fingerprint density at radius 3 is 2.61 bits per heavy atom. The maximum atomic E-state index is 13.1. The highest BCUT2D eigenvalue weighted by molar-refractivity contribution is 7.10. The molecule has 2 aromatic carbocycles. The summed E-state index contributed by atoms with van der Waals surface area (Å²) in [5, 5.41) is 14.1. The van der Waals surface area contributed by atoms with Gasteiger partial charge in [0.2, 0.25) is 0 Å². The summed E-state index contributed by atoms with van der Waals surface area (Å²) in [6.45, 7) is 0.356. The Balaban J connectivity index is 1.52. The zero-order valence-electron chi connectivity index (χ0n) is 17.9. The first-order valence-electron chi connectivity index (χ1n) is 10.6. The topological polar surface area (TPSA) is 82.6 Å². The summed E-state index contributed by atoms with van der Waals surface area (Å²) in [5.41, 5.74) is 2.69. The van der Waals surface area contributed by atoms with Crippen molar-refractivity contribution < 1.29 is 19.4 Å². The largest absolute Gasteiger partial charge is 0.507 e. The predicted octanol–water partition coefficient (Wildman–Crippen LogP) is 4.90. The van der Waals surface area contributed by atoms with E-state index in [2.05, 4.69) is 4.98 Å². The minimum absolute atomic E-state index is 0.117. The van der Waals surface area contributed by atoms with Crippen LogP contribution in [0.25, 0.3) is 16.7 Å². The second-order valence-electron chi connectivity index (χ2n) is 7.85. The van der Waals surface area contributed by atoms with Gasteiger partial charge in [-0.1, -0.05) is 24.3 Å². The molecule has 0 saturated carbocycles. The number of carbonyl (C=O) groups is 2. The summed E-state index contributed by atoms with van der Waals surface area (Å²) in [5.74, 6) is -0.798. The van der Waals surface area contributed by atoms with Crippen molar-refractivity contribution in [2.75, 3.05) is 13.7 Å². The van der Waals surface area contributed by atoms with Crippen molar-refractivity contribution in [2.45, 2.75) is 12.5 Å². The molecular formula is C26H22N2O4S. The Labute approximate surface area is 194 Å². The molecule has 1 aliphatic heterocycles. The van der Waals surface area contributed by atoms with Gasteiger partial charge >= 0.3 is 0 Å². The Kier molecular flexibility index (Phi) is 5.48. The third kappa shape index (κ3) is 3.70. The highest BCUT2D eigenvalue weighted by atomic mass is 32.1. The number of ketones is 1. The van der Waals surface area contributed by atoms with Crippen LogP contribution in [0.15, 0.2) is 77.8 Å². The Hall–Kier alpha value is -3.84. The standard InChI is InChI=1S/C26H22N2O4S/c1-32-18-10-8-16(9-11-18)24(29)22-23(21-7-4-14-33-21)28(26(31)25(22)30)13-12-17-15-27-20-6-3-2-5-19(17)20/h2-11,14-15,23,27,29H,12-13H2,1H3/t23-/m0/s1. The van der Waals surface area contributed by atoms with Crippen LogP contribution < -0.4 is 4.74 Å². The number of rotatable bonds is 6. The molecule has 5 rings (SSSR count). The van der Waals surface area contributed by atoms with Crippen LogP contribution >= 0.6 is 11.3 Å². The number of hydrogen-bond acceptors (Lipinski definition) is 5. The Morgan fingerprint density at radius 1 is 1.09 bits per heavy atom. The molecule has 0 aliphatic carbocycles. The van der Waals surface area contributed by atoms with Gasteiger partial charge < -0.3 is 19.7 Å². The van der Waals surface area contributed by atoms with E-state index in [1.54, 1.807) is 36.3 Å². The molecule has 0 radical (unpaired) electrons. The van der Waals surface area contributed by atoms with Gasteiger partial charge in [-0.15, -0.1) is 11.3 Å². The number of ether oxygens (including phenoxy) is 1. The molecule has 33 heavy (non-hydrogen) atoms. The number of aromatic nitrogens is 1. The zero-order valence-corrected chi connectivity index (χ0v) is 18.8. The maximum absolute atomic E-state index is 13.1. The normalized spacial score (nSPS) is 17.7. The molecule has 4 aromatic rings. The van der Waals surface area contributed by atoms with E-state index < -0.39 is 17.7 Å². The first kappa shape index (κ1) is 21.0. The van der Waals surface area contributed by atoms with Gasteiger partial charge in [0, 0.05) is 34.1 Å². The van der Waals surface area contributed by atoms with Gasteiger partial charge in [0.15, 0.2) is 0 Å². The quantitative estimate of drug-likeness (QED) is 0.245. The van der Waals surface area contributed by atoms with E-state index in [9.17, 15) is 14.7 Å². The second kappa shape index (κ2) is 8.60. The van der Waals surface area contributed by atoms with E-state index in [4.69, 9.17) is 4.74 Å². The van der Waals surface area contributed by atoms with Gasteiger partial charge in [-0.05, 0) is 53.8 Å². The number of hydrogen-bond donors (Lipinski definition) is 2. The molecule has 2 N–H and O–H groups in total. The van der Waals surface area contributed by atoms with E-state index in [-0.39, 0.29) is 11.3 Å². The summed E-state index contributed by atoms with van der Waals surface area (Å²) in [6.07, 6.45) is 2.53. The summed E-state index contributed by atoms with van der Waals surface area (Å²) < 4.78 is 5.18. The van der Waals surface area contributed by atoms with Crippen molar-refractivity contribution in [2.24, 2.45) is 0 Å². The van der Waals surface area contributed by atoms with Gasteiger partial charge in [-0.3, -0.25) is 9.59 Å². The number of likely N-dealkylation sites (tertiary alicyclic amines) is 1. The molecule has 0 spiro atoms. The Morgan fingerprint density at radius 2 is 1.88 bits per heavy atom. The van der Waals surface area contributed by atoms with Crippen LogP contribution in [0.3, 0.4) is 0 Å². The fourth-order valence-electron chi connectivity index (χ4n) is 4.34. The molecule has 1 saturated heterocycles. The lowest BCUT2D eigenvalue weighted by Crippen LogP contribution is -2.31. The molecule has 6 nitrogen and oxygen atoms in total. The van der Waals surface area contributed by atoms with Gasteiger partial charge in [0.25, 0.3) is 11.7 Å². The molecule has 166 valence electrons. The molecule has 1 atom stereocenters. The average molecular weight is 459 g/mol. The van der Waals surface area contributed by atoms with E-state index in [1.807, 2.05) is 48.0 Å². The molecule has 3 heterocycles. The minimum Gasteiger partial charge on any atom is -0.507 e. The van der Waals surface area contributed by atoms with Crippen molar-refractivity contribution in [3.63, 3.8) is 0 Å². The number of H-pyrrole nitrogens is 1. The van der Waals surface area contributed by atoms with Gasteiger partial charge in [0.05, 0.1) is 18.7 Å². The van der Waals surface area contributed by atoms with E-state index in [0.29, 0.717) is 24.3 Å². The Bertz CT molecular complexity index is 1350. The van der Waals surface area contributed by atoms with E-state index in [0.717, 1.165) is 21.3 Å². The zero-order chi connectivity index (χ0) is 22.9. The second-order valence-corrected chi connectivity index (χ2v) is 8.83. The van der Waals surface area contributed by atoms with Crippen LogP contribution in [0.4, 0.5) is 0 Å². The summed E-state index contributed by atoms with van der Waals surface area (Å²) in [4.78, 5) is 31.8. The molecule has 0 bridgehead atoms. The molecule has 7 heteroatoms. The van der Waals surface area contributed by atoms with Crippen LogP contribution in [-0.2, 0) is 16.0 Å². The number of nitrogens with one attached hydrogen (secondary N) is 1. The van der Waals surface area contributed by atoms with E-state index >= 15 is 0 Å². The van der Waals surface area contributed by atoms with Crippen molar-refractivity contribution in [1.82, 2.24) is 9.88 Å². The number of aliphatic hydroxyl groups excluding tert-OH is 1. The summed E-state index contributed by atoms with van der Waals surface area (Å²) in [7, 11) is 1.56. The number of carbonyl (C=O) groups excluding carboxylic acids is 2. The first-order valence-corrected chi connectivity index (χ1v) is 11.5. The van der Waals surface area contributed by atoms with Crippen LogP contribution in [0.1, 0.15) is 22.0 Å². The SMILES string of the molecule is COc1ccc(C(O)=C2C(=O)C(=O)N(CCc3c[nH]c4ccccc34)[C@H]2c2cccs2)cc1. The third-order valence-electron chi connectivity index (χ3n) is 6.01. The number of amides is 1. The molecule has 1 aliphatic rings. The number of thiophene rings is 1. The average Bonchev–Trinajstić information content (AvgIpc) is 3.57. The number of Topliss-reactive ketones (excluding diaryl/α,β-unsaturated/α-hetero) is 1. The van der Waals surface area contributed by atoms with Crippen LogP contribution in [0, 0.1) is 0 Å². The number of fused-ring (bicyclic) bond motifs is 1. The lowest BCUT2D eigenvalue weighted by atomic mass is 9.99. The number of nitrogens with zero attached hydrogens (tertiary/aromatic N) is 1. The van der Waals surface area contributed by atoms with Crippen LogP contribution in [0.2, 0.25) is 0 Å². The van der Waals surface area contributed by atoms with Crippen molar-refractivity contribution >= 4 is 39.7 Å². The smallest absolute Gasteiger partial charge is 0.295 e. The lowest BCUT2D eigenvalue weighted by molar-refractivity contribution is -0.139. The fraction of sp³-hybridized carbons (Fsp3) is 0.154. The van der Waals surface area contributed by atoms with E-state index in [1.165, 1.54) is 11.3 Å². The van der Waals surface area contributed by atoms with Crippen LogP contribution in [0.5, 0.6) is 5.75 Å². The number of benzene rings is 2.